The Hall–Kier alpha value is -0.840. The molecule has 0 aromatic heterocycles. The molecular formula is C10H12FNO5S3. The lowest BCUT2D eigenvalue weighted by atomic mass is 10.4. The standard InChI is InChI=1S/C10H12FNO5S3/c11-19(14,15)9-2-1-3-10(8-9)20(16,17)12-4-6-18(13)7-5-12/h1-3,8H,4-7H2. The lowest BCUT2D eigenvalue weighted by Gasteiger charge is -2.25. The van der Waals surface area contributed by atoms with E-state index in [0.717, 1.165) is 16.4 Å². The first-order valence-corrected chi connectivity index (χ1v) is 9.92. The van der Waals surface area contributed by atoms with Crippen molar-refractivity contribution < 1.29 is 24.9 Å². The van der Waals surface area contributed by atoms with Crippen molar-refractivity contribution in [2.45, 2.75) is 9.79 Å². The summed E-state index contributed by atoms with van der Waals surface area (Å²) in [5.41, 5.74) is 0. The minimum Gasteiger partial charge on any atom is -0.259 e. The number of halogens is 1. The Morgan fingerprint density at radius 3 is 2.15 bits per heavy atom. The molecule has 0 spiro atoms. The SMILES string of the molecule is O=S1CCN(S(=O)(=O)c2cccc(S(=O)(=O)F)c2)CC1. The van der Waals surface area contributed by atoms with Crippen molar-refractivity contribution in [1.82, 2.24) is 4.31 Å². The van der Waals surface area contributed by atoms with E-state index in [2.05, 4.69) is 0 Å². The summed E-state index contributed by atoms with van der Waals surface area (Å²) < 4.78 is 71.4. The number of rotatable bonds is 3. The van der Waals surface area contributed by atoms with Crippen LogP contribution in [0.1, 0.15) is 0 Å². The Morgan fingerprint density at radius 1 is 1.05 bits per heavy atom. The van der Waals surface area contributed by atoms with Crippen molar-refractivity contribution in [2.24, 2.45) is 0 Å². The van der Waals surface area contributed by atoms with Crippen LogP contribution in [0.3, 0.4) is 0 Å². The summed E-state index contributed by atoms with van der Waals surface area (Å²) in [6.45, 7) is 0.198. The molecule has 6 nitrogen and oxygen atoms in total. The Labute approximate surface area is 119 Å². The van der Waals surface area contributed by atoms with Crippen molar-refractivity contribution in [2.75, 3.05) is 24.6 Å². The third-order valence-corrected chi connectivity index (χ3v) is 6.85. The quantitative estimate of drug-likeness (QED) is 0.728. The Morgan fingerprint density at radius 2 is 1.60 bits per heavy atom. The van der Waals surface area contributed by atoms with E-state index in [0.29, 0.717) is 0 Å². The molecule has 0 bridgehead atoms. The molecule has 0 amide bonds. The number of benzene rings is 1. The van der Waals surface area contributed by atoms with Crippen LogP contribution in [0.4, 0.5) is 3.89 Å². The predicted molar refractivity (Wildman–Crippen MR) is 71.4 cm³/mol. The van der Waals surface area contributed by atoms with Gasteiger partial charge in [-0.05, 0) is 18.2 Å². The van der Waals surface area contributed by atoms with Gasteiger partial charge in [-0.15, -0.1) is 3.89 Å². The Kier molecular flexibility index (Phi) is 4.28. The lowest BCUT2D eigenvalue weighted by Crippen LogP contribution is -2.41. The first-order chi connectivity index (χ1) is 9.21. The van der Waals surface area contributed by atoms with Crippen molar-refractivity contribution in [3.05, 3.63) is 24.3 Å². The highest BCUT2D eigenvalue weighted by molar-refractivity contribution is 7.89. The summed E-state index contributed by atoms with van der Waals surface area (Å²) in [6, 6.07) is 4.15. The zero-order chi connectivity index (χ0) is 15.0. The summed E-state index contributed by atoms with van der Waals surface area (Å²) in [6.07, 6.45) is 0. The zero-order valence-electron chi connectivity index (χ0n) is 10.2. The van der Waals surface area contributed by atoms with Crippen LogP contribution in [0, 0.1) is 0 Å². The molecule has 0 radical (unpaired) electrons. The maximum Gasteiger partial charge on any atom is 0.332 e. The average molecular weight is 341 g/mol. The zero-order valence-corrected chi connectivity index (χ0v) is 12.7. The fraction of sp³-hybridized carbons (Fsp3) is 0.400. The molecule has 1 aliphatic rings. The van der Waals surface area contributed by atoms with Crippen LogP contribution in [0.5, 0.6) is 0 Å². The molecule has 0 aliphatic carbocycles. The van der Waals surface area contributed by atoms with Crippen molar-refractivity contribution in [3.63, 3.8) is 0 Å². The number of hydrogen-bond donors (Lipinski definition) is 0. The highest BCUT2D eigenvalue weighted by Gasteiger charge is 2.29. The lowest BCUT2D eigenvalue weighted by molar-refractivity contribution is 0.438. The second-order valence-corrected chi connectivity index (χ2v) is 9.15. The highest BCUT2D eigenvalue weighted by Crippen LogP contribution is 2.21. The van der Waals surface area contributed by atoms with Gasteiger partial charge in [0.15, 0.2) is 0 Å². The van der Waals surface area contributed by atoms with Gasteiger partial charge >= 0.3 is 10.2 Å². The smallest absolute Gasteiger partial charge is 0.259 e. The van der Waals surface area contributed by atoms with E-state index in [4.69, 9.17) is 0 Å². The molecule has 10 heteroatoms. The molecule has 112 valence electrons. The van der Waals surface area contributed by atoms with Gasteiger partial charge in [-0.25, -0.2) is 8.42 Å². The summed E-state index contributed by atoms with van der Waals surface area (Å²) in [4.78, 5) is -0.983. The summed E-state index contributed by atoms with van der Waals surface area (Å²) in [5.74, 6) is 0.473. The minimum atomic E-state index is -4.96. The maximum absolute atomic E-state index is 12.9. The molecule has 0 unspecified atom stereocenters. The van der Waals surface area contributed by atoms with Gasteiger partial charge in [-0.2, -0.15) is 12.7 Å². The largest absolute Gasteiger partial charge is 0.332 e. The fourth-order valence-electron chi connectivity index (χ4n) is 1.80. The third-order valence-electron chi connectivity index (χ3n) is 2.86. The maximum atomic E-state index is 12.9. The van der Waals surface area contributed by atoms with Crippen LogP contribution < -0.4 is 0 Å². The second-order valence-electron chi connectivity index (χ2n) is 4.16. The Bertz CT molecular complexity index is 734. The summed E-state index contributed by atoms with van der Waals surface area (Å²) >= 11 is 0. The van der Waals surface area contributed by atoms with E-state index in [1.165, 1.54) is 12.1 Å². The van der Waals surface area contributed by atoms with Gasteiger partial charge in [-0.1, -0.05) is 6.07 Å². The van der Waals surface area contributed by atoms with Crippen molar-refractivity contribution in [1.29, 1.82) is 0 Å². The first-order valence-electron chi connectivity index (χ1n) is 5.61. The van der Waals surface area contributed by atoms with Crippen molar-refractivity contribution >= 4 is 31.0 Å². The van der Waals surface area contributed by atoms with Gasteiger partial charge in [0.25, 0.3) is 0 Å². The van der Waals surface area contributed by atoms with Crippen LogP contribution >= 0.6 is 0 Å². The van der Waals surface area contributed by atoms with E-state index < -0.39 is 35.9 Å². The predicted octanol–water partition coefficient (Wildman–Crippen LogP) is 0.0978. The fourth-order valence-corrected chi connectivity index (χ4v) is 5.15. The highest BCUT2D eigenvalue weighted by atomic mass is 32.3. The monoisotopic (exact) mass is 341 g/mol. The van der Waals surface area contributed by atoms with Gasteiger partial charge in [0.05, 0.1) is 9.79 Å². The first kappa shape index (κ1) is 15.5. The van der Waals surface area contributed by atoms with Crippen LogP contribution in [-0.4, -0.2) is 49.9 Å². The van der Waals surface area contributed by atoms with Crippen LogP contribution in [-0.2, 0) is 31.0 Å². The van der Waals surface area contributed by atoms with Crippen LogP contribution in [0.25, 0.3) is 0 Å². The molecule has 1 aromatic carbocycles. The molecule has 0 saturated carbocycles. The van der Waals surface area contributed by atoms with Gasteiger partial charge in [0.1, 0.15) is 0 Å². The molecule has 0 atom stereocenters. The van der Waals surface area contributed by atoms with E-state index in [1.807, 2.05) is 0 Å². The molecule has 1 aliphatic heterocycles. The molecule has 20 heavy (non-hydrogen) atoms. The molecular weight excluding hydrogens is 329 g/mol. The molecule has 1 aromatic rings. The summed E-state index contributed by atoms with van der Waals surface area (Å²) in [5, 5.41) is 0. The third kappa shape index (κ3) is 3.25. The van der Waals surface area contributed by atoms with Gasteiger partial charge < -0.3 is 0 Å². The van der Waals surface area contributed by atoms with Crippen LogP contribution in [0.15, 0.2) is 34.1 Å². The van der Waals surface area contributed by atoms with E-state index >= 15 is 0 Å². The topological polar surface area (TPSA) is 88.6 Å². The van der Waals surface area contributed by atoms with Crippen molar-refractivity contribution in [3.8, 4) is 0 Å². The average Bonchev–Trinajstić information content (AvgIpc) is 2.38. The van der Waals surface area contributed by atoms with E-state index in [9.17, 15) is 24.9 Å². The van der Waals surface area contributed by atoms with Gasteiger partial charge in [0, 0.05) is 35.4 Å². The normalized spacial score (nSPS) is 19.1. The molecule has 1 fully saturated rings. The number of hydrogen-bond acceptors (Lipinski definition) is 5. The van der Waals surface area contributed by atoms with Gasteiger partial charge in [-0.3, -0.25) is 4.21 Å². The summed E-state index contributed by atoms with van der Waals surface area (Å²) in [7, 11) is -9.89. The van der Waals surface area contributed by atoms with Gasteiger partial charge in [0.2, 0.25) is 10.0 Å². The molecule has 1 heterocycles. The van der Waals surface area contributed by atoms with E-state index in [1.54, 1.807) is 0 Å². The minimum absolute atomic E-state index is 0.0988. The van der Waals surface area contributed by atoms with E-state index in [-0.39, 0.29) is 29.5 Å². The van der Waals surface area contributed by atoms with Crippen LogP contribution in [0.2, 0.25) is 0 Å². The molecule has 1 saturated heterocycles. The molecule has 0 N–H and O–H groups in total. The second kappa shape index (κ2) is 5.51. The number of sulfonamides is 1. The Balaban J connectivity index is 2.37. The molecule has 2 rings (SSSR count). The number of nitrogens with zero attached hydrogens (tertiary/aromatic N) is 1.